The topological polar surface area (TPSA) is 74.7 Å². The minimum absolute atomic E-state index is 0.119. The predicted octanol–water partition coefficient (Wildman–Crippen LogP) is 1.21. The van der Waals surface area contributed by atoms with Crippen molar-refractivity contribution in [1.29, 1.82) is 0 Å². The average molecular weight is 195 g/mol. The molecule has 4 heteroatoms. The lowest BCUT2D eigenvalue weighted by Gasteiger charge is -2.21. The minimum Gasteiger partial charge on any atom is -0.325 e. The zero-order valence-corrected chi connectivity index (χ0v) is 8.31. The molecule has 2 rings (SSSR count). The highest BCUT2D eigenvalue weighted by molar-refractivity contribution is 5.16. The largest absolute Gasteiger partial charge is 0.325 e. The maximum atomic E-state index is 11.1. The molecular weight excluding hydrogens is 178 g/mol. The van der Waals surface area contributed by atoms with Crippen LogP contribution in [0.5, 0.6) is 0 Å². The molecule has 0 bridgehead atoms. The van der Waals surface area contributed by atoms with E-state index in [-0.39, 0.29) is 5.69 Å². The van der Waals surface area contributed by atoms with Crippen LogP contribution in [0.15, 0.2) is 4.79 Å². The highest BCUT2D eigenvalue weighted by Crippen LogP contribution is 2.32. The lowest BCUT2D eigenvalue weighted by molar-refractivity contribution is 0.435. The lowest BCUT2D eigenvalue weighted by Crippen LogP contribution is -2.09. The fraction of sp³-hybridized carbons (Fsp3) is 0.700. The molecule has 1 saturated carbocycles. The van der Waals surface area contributed by atoms with Crippen LogP contribution in [0.1, 0.15) is 49.4 Å². The first-order valence-corrected chi connectivity index (χ1v) is 5.32. The zero-order valence-electron chi connectivity index (χ0n) is 8.31. The SMILES string of the molecule is NCc1[nH]c(=O)[nH]c1C1CCCCC1. The van der Waals surface area contributed by atoms with Gasteiger partial charge < -0.3 is 15.7 Å². The van der Waals surface area contributed by atoms with Crippen LogP contribution in [0, 0.1) is 0 Å². The van der Waals surface area contributed by atoms with E-state index in [4.69, 9.17) is 5.73 Å². The van der Waals surface area contributed by atoms with Crippen LogP contribution in [0.4, 0.5) is 0 Å². The summed E-state index contributed by atoms with van der Waals surface area (Å²) in [5.74, 6) is 0.515. The molecule has 0 atom stereocenters. The molecule has 4 N–H and O–H groups in total. The average Bonchev–Trinajstić information content (AvgIpc) is 2.61. The van der Waals surface area contributed by atoms with Crippen molar-refractivity contribution in [3.8, 4) is 0 Å². The molecule has 1 aliphatic rings. The molecule has 4 nitrogen and oxygen atoms in total. The highest BCUT2D eigenvalue weighted by Gasteiger charge is 2.19. The third-order valence-electron chi connectivity index (χ3n) is 3.06. The van der Waals surface area contributed by atoms with E-state index in [0.29, 0.717) is 12.5 Å². The molecule has 1 aromatic heterocycles. The molecule has 1 heterocycles. The molecular formula is C10H17N3O. The molecule has 0 amide bonds. The van der Waals surface area contributed by atoms with Gasteiger partial charge >= 0.3 is 5.69 Å². The summed E-state index contributed by atoms with van der Waals surface area (Å²) >= 11 is 0. The Labute approximate surface area is 82.9 Å². The number of H-pyrrole nitrogens is 2. The third kappa shape index (κ3) is 1.75. The van der Waals surface area contributed by atoms with Gasteiger partial charge in [0.25, 0.3) is 0 Å². The van der Waals surface area contributed by atoms with E-state index in [1.807, 2.05) is 0 Å². The van der Waals surface area contributed by atoms with Crippen LogP contribution < -0.4 is 11.4 Å². The van der Waals surface area contributed by atoms with Crippen LogP contribution in [0.25, 0.3) is 0 Å². The second-order valence-corrected chi connectivity index (χ2v) is 4.01. The van der Waals surface area contributed by atoms with Crippen LogP contribution in [0.2, 0.25) is 0 Å². The second kappa shape index (κ2) is 4.00. The number of imidazole rings is 1. The van der Waals surface area contributed by atoms with E-state index >= 15 is 0 Å². The van der Waals surface area contributed by atoms with Crippen LogP contribution in [-0.2, 0) is 6.54 Å². The molecule has 78 valence electrons. The molecule has 1 aliphatic carbocycles. The Hall–Kier alpha value is -1.03. The van der Waals surface area contributed by atoms with Gasteiger partial charge in [-0.15, -0.1) is 0 Å². The summed E-state index contributed by atoms with van der Waals surface area (Å²) in [5, 5.41) is 0. The number of rotatable bonds is 2. The first-order chi connectivity index (χ1) is 6.81. The Balaban J connectivity index is 2.24. The van der Waals surface area contributed by atoms with Gasteiger partial charge in [0.05, 0.1) is 5.69 Å². The molecule has 0 aromatic carbocycles. The fourth-order valence-corrected chi connectivity index (χ4v) is 2.33. The lowest BCUT2D eigenvalue weighted by atomic mass is 9.86. The summed E-state index contributed by atoms with van der Waals surface area (Å²) < 4.78 is 0. The van der Waals surface area contributed by atoms with Crippen molar-refractivity contribution in [2.24, 2.45) is 5.73 Å². The third-order valence-corrected chi connectivity index (χ3v) is 3.06. The Bertz CT molecular complexity index is 346. The Morgan fingerprint density at radius 3 is 2.57 bits per heavy atom. The summed E-state index contributed by atoms with van der Waals surface area (Å²) in [4.78, 5) is 16.8. The van der Waals surface area contributed by atoms with Gasteiger partial charge in [-0.1, -0.05) is 19.3 Å². The van der Waals surface area contributed by atoms with Crippen molar-refractivity contribution in [3.63, 3.8) is 0 Å². The molecule has 0 spiro atoms. The fourth-order valence-electron chi connectivity index (χ4n) is 2.33. The summed E-state index contributed by atoms with van der Waals surface area (Å²) in [6.45, 7) is 0.421. The number of nitrogens with one attached hydrogen (secondary N) is 2. The smallest absolute Gasteiger partial charge is 0.323 e. The van der Waals surface area contributed by atoms with Crippen LogP contribution >= 0.6 is 0 Å². The van der Waals surface area contributed by atoms with E-state index in [0.717, 1.165) is 11.4 Å². The Morgan fingerprint density at radius 1 is 1.21 bits per heavy atom. The molecule has 0 unspecified atom stereocenters. The van der Waals surface area contributed by atoms with Crippen molar-refractivity contribution in [3.05, 3.63) is 21.9 Å². The molecule has 0 radical (unpaired) electrons. The number of aromatic nitrogens is 2. The monoisotopic (exact) mass is 195 g/mol. The summed E-state index contributed by atoms with van der Waals surface area (Å²) in [7, 11) is 0. The predicted molar refractivity (Wildman–Crippen MR) is 55.1 cm³/mol. The van der Waals surface area contributed by atoms with E-state index in [9.17, 15) is 4.79 Å². The Morgan fingerprint density at radius 2 is 1.93 bits per heavy atom. The van der Waals surface area contributed by atoms with Crippen molar-refractivity contribution in [2.45, 2.75) is 44.6 Å². The first-order valence-electron chi connectivity index (χ1n) is 5.32. The molecule has 1 aromatic rings. The van der Waals surface area contributed by atoms with Gasteiger partial charge in [0, 0.05) is 18.2 Å². The standard InChI is InChI=1S/C10H17N3O/c11-6-8-9(13-10(14)12-8)7-4-2-1-3-5-7/h7H,1-6,11H2,(H2,12,13,14). The molecule has 14 heavy (non-hydrogen) atoms. The maximum absolute atomic E-state index is 11.1. The van der Waals surface area contributed by atoms with Crippen LogP contribution in [0.3, 0.4) is 0 Å². The van der Waals surface area contributed by atoms with E-state index < -0.39 is 0 Å². The molecule has 0 saturated heterocycles. The zero-order chi connectivity index (χ0) is 9.97. The number of hydrogen-bond acceptors (Lipinski definition) is 2. The van der Waals surface area contributed by atoms with Gasteiger partial charge in [0.2, 0.25) is 0 Å². The van der Waals surface area contributed by atoms with Gasteiger partial charge in [0.15, 0.2) is 0 Å². The van der Waals surface area contributed by atoms with Crippen molar-refractivity contribution >= 4 is 0 Å². The van der Waals surface area contributed by atoms with E-state index in [1.54, 1.807) is 0 Å². The van der Waals surface area contributed by atoms with E-state index in [2.05, 4.69) is 9.97 Å². The van der Waals surface area contributed by atoms with Gasteiger partial charge in [-0.2, -0.15) is 0 Å². The quantitative estimate of drug-likeness (QED) is 0.663. The maximum Gasteiger partial charge on any atom is 0.323 e. The molecule has 0 aliphatic heterocycles. The normalized spacial score (nSPS) is 18.6. The van der Waals surface area contributed by atoms with Crippen LogP contribution in [-0.4, -0.2) is 9.97 Å². The van der Waals surface area contributed by atoms with Gasteiger partial charge in [-0.05, 0) is 12.8 Å². The van der Waals surface area contributed by atoms with Gasteiger partial charge in [-0.25, -0.2) is 4.79 Å². The summed E-state index contributed by atoms with van der Waals surface area (Å²) in [6.07, 6.45) is 6.22. The summed E-state index contributed by atoms with van der Waals surface area (Å²) in [5.41, 5.74) is 7.40. The summed E-state index contributed by atoms with van der Waals surface area (Å²) in [6, 6.07) is 0. The second-order valence-electron chi connectivity index (χ2n) is 4.01. The number of aromatic amines is 2. The highest BCUT2D eigenvalue weighted by atomic mass is 16.1. The molecule has 1 fully saturated rings. The van der Waals surface area contributed by atoms with Gasteiger partial charge in [-0.3, -0.25) is 0 Å². The van der Waals surface area contributed by atoms with Crippen molar-refractivity contribution in [1.82, 2.24) is 9.97 Å². The first kappa shape index (κ1) is 9.52. The van der Waals surface area contributed by atoms with Crippen molar-refractivity contribution < 1.29 is 0 Å². The minimum atomic E-state index is -0.119. The van der Waals surface area contributed by atoms with Crippen molar-refractivity contribution in [2.75, 3.05) is 0 Å². The van der Waals surface area contributed by atoms with Gasteiger partial charge in [0.1, 0.15) is 0 Å². The Kier molecular flexibility index (Phi) is 2.72. The number of hydrogen-bond donors (Lipinski definition) is 3. The van der Waals surface area contributed by atoms with E-state index in [1.165, 1.54) is 32.1 Å². The number of nitrogens with two attached hydrogens (primary N) is 1.